The number of fused-ring (bicyclic) bond motifs is 1. The first kappa shape index (κ1) is 17.6. The summed E-state index contributed by atoms with van der Waals surface area (Å²) in [7, 11) is 0. The minimum Gasteiger partial charge on any atom is -0.328 e. The van der Waals surface area contributed by atoms with Gasteiger partial charge in [-0.25, -0.2) is 4.68 Å². The molecule has 0 amide bonds. The van der Waals surface area contributed by atoms with Gasteiger partial charge in [0.2, 0.25) is 5.95 Å². The van der Waals surface area contributed by atoms with Crippen molar-refractivity contribution < 1.29 is 4.79 Å². The first-order chi connectivity index (χ1) is 13.4. The van der Waals surface area contributed by atoms with E-state index >= 15 is 0 Å². The topological polar surface area (TPSA) is 59.8 Å². The summed E-state index contributed by atoms with van der Waals surface area (Å²) in [6.45, 7) is 4.27. The molecule has 1 unspecified atom stereocenters. The van der Waals surface area contributed by atoms with E-state index in [0.29, 0.717) is 23.2 Å². The largest absolute Gasteiger partial charge is 0.328 e. The Morgan fingerprint density at radius 2 is 2.00 bits per heavy atom. The second-order valence-electron chi connectivity index (χ2n) is 8.09. The van der Waals surface area contributed by atoms with Gasteiger partial charge in [0.15, 0.2) is 11.6 Å². The standard InChI is InChI=1S/C21H19ClN4OS/c1-21(2)10-14-17(15(27)11-21)18(16-4-3-9-28-16)26-20(23-14)24-19(25-26)12-5-7-13(22)8-6-12/h3-9,18H,10-11H2,1-2H3,(H,23,24,25). The zero-order valence-corrected chi connectivity index (χ0v) is 17.1. The molecule has 0 bridgehead atoms. The van der Waals surface area contributed by atoms with Crippen LogP contribution >= 0.6 is 22.9 Å². The summed E-state index contributed by atoms with van der Waals surface area (Å²) in [5.74, 6) is 1.48. The zero-order valence-electron chi connectivity index (χ0n) is 15.6. The molecular formula is C21H19ClN4OS. The van der Waals surface area contributed by atoms with Gasteiger partial charge in [-0.15, -0.1) is 16.4 Å². The number of rotatable bonds is 2. The van der Waals surface area contributed by atoms with Crippen molar-refractivity contribution in [3.63, 3.8) is 0 Å². The Morgan fingerprint density at radius 1 is 1.21 bits per heavy atom. The lowest BCUT2D eigenvalue weighted by Gasteiger charge is -2.37. The van der Waals surface area contributed by atoms with Crippen LogP contribution in [-0.2, 0) is 4.79 Å². The van der Waals surface area contributed by atoms with E-state index in [-0.39, 0.29) is 17.2 Å². The second-order valence-corrected chi connectivity index (χ2v) is 9.50. The van der Waals surface area contributed by atoms with E-state index in [4.69, 9.17) is 21.7 Å². The van der Waals surface area contributed by atoms with Crippen LogP contribution in [0.1, 0.15) is 37.6 Å². The van der Waals surface area contributed by atoms with E-state index in [1.54, 1.807) is 11.3 Å². The predicted molar refractivity (Wildman–Crippen MR) is 112 cm³/mol. The van der Waals surface area contributed by atoms with Crippen LogP contribution in [0, 0.1) is 5.41 Å². The van der Waals surface area contributed by atoms with Gasteiger partial charge in [0.1, 0.15) is 6.04 Å². The number of thiophene rings is 1. The van der Waals surface area contributed by atoms with E-state index in [1.807, 2.05) is 40.4 Å². The molecule has 1 N–H and O–H groups in total. The molecule has 1 aliphatic heterocycles. The van der Waals surface area contributed by atoms with Crippen molar-refractivity contribution in [2.45, 2.75) is 32.7 Å². The summed E-state index contributed by atoms with van der Waals surface area (Å²) in [6.07, 6.45) is 1.36. The van der Waals surface area contributed by atoms with E-state index < -0.39 is 0 Å². The van der Waals surface area contributed by atoms with Gasteiger partial charge in [-0.3, -0.25) is 4.79 Å². The van der Waals surface area contributed by atoms with Crippen molar-refractivity contribution in [3.05, 3.63) is 62.9 Å². The molecule has 0 radical (unpaired) electrons. The number of hydrogen-bond donors (Lipinski definition) is 1. The van der Waals surface area contributed by atoms with Crippen LogP contribution in [0.2, 0.25) is 5.02 Å². The van der Waals surface area contributed by atoms with Gasteiger partial charge in [-0.05, 0) is 47.5 Å². The van der Waals surface area contributed by atoms with Crippen molar-refractivity contribution in [3.8, 4) is 11.4 Å². The molecule has 0 fully saturated rings. The number of halogens is 1. The first-order valence-corrected chi connectivity index (χ1v) is 10.5. The van der Waals surface area contributed by atoms with Crippen LogP contribution in [0.3, 0.4) is 0 Å². The number of allylic oxidation sites excluding steroid dienone is 2. The summed E-state index contributed by atoms with van der Waals surface area (Å²) in [4.78, 5) is 18.9. The lowest BCUT2D eigenvalue weighted by Crippen LogP contribution is -2.36. The highest BCUT2D eigenvalue weighted by molar-refractivity contribution is 7.10. The number of nitrogens with zero attached hydrogens (tertiary/aromatic N) is 3. The van der Waals surface area contributed by atoms with Crippen LogP contribution in [0.4, 0.5) is 5.95 Å². The van der Waals surface area contributed by atoms with Crippen molar-refractivity contribution in [2.75, 3.05) is 5.32 Å². The molecule has 5 rings (SSSR count). The number of nitrogens with one attached hydrogen (secondary N) is 1. The molecule has 0 spiro atoms. The zero-order chi connectivity index (χ0) is 19.5. The van der Waals surface area contributed by atoms with Crippen LogP contribution in [-0.4, -0.2) is 20.5 Å². The molecule has 28 heavy (non-hydrogen) atoms. The van der Waals surface area contributed by atoms with Gasteiger partial charge in [0, 0.05) is 33.2 Å². The average molecular weight is 411 g/mol. The third-order valence-corrected chi connectivity index (χ3v) is 6.42. The molecule has 3 heterocycles. The molecule has 2 aliphatic rings. The van der Waals surface area contributed by atoms with E-state index in [1.165, 1.54) is 0 Å². The summed E-state index contributed by atoms with van der Waals surface area (Å²) < 4.78 is 1.85. The Labute approximate surface area is 172 Å². The molecule has 0 saturated carbocycles. The monoisotopic (exact) mass is 410 g/mol. The van der Waals surface area contributed by atoms with E-state index in [0.717, 1.165) is 28.1 Å². The first-order valence-electron chi connectivity index (χ1n) is 9.20. The lowest BCUT2D eigenvalue weighted by molar-refractivity contribution is -0.118. The van der Waals surface area contributed by atoms with E-state index in [2.05, 4.69) is 25.2 Å². The van der Waals surface area contributed by atoms with Crippen molar-refractivity contribution in [1.82, 2.24) is 14.8 Å². The number of carbonyl (C=O) groups excluding carboxylic acids is 1. The molecular weight excluding hydrogens is 392 g/mol. The fourth-order valence-electron chi connectivity index (χ4n) is 4.04. The number of benzene rings is 1. The lowest BCUT2D eigenvalue weighted by atomic mass is 9.73. The predicted octanol–water partition coefficient (Wildman–Crippen LogP) is 5.32. The highest BCUT2D eigenvalue weighted by Gasteiger charge is 2.42. The van der Waals surface area contributed by atoms with Gasteiger partial charge >= 0.3 is 0 Å². The van der Waals surface area contributed by atoms with Crippen LogP contribution < -0.4 is 5.32 Å². The minimum atomic E-state index is -0.233. The van der Waals surface area contributed by atoms with Crippen molar-refractivity contribution in [1.29, 1.82) is 0 Å². The van der Waals surface area contributed by atoms with Gasteiger partial charge < -0.3 is 5.32 Å². The molecule has 5 nitrogen and oxygen atoms in total. The Balaban J connectivity index is 1.66. The Kier molecular flexibility index (Phi) is 3.96. The maximum absolute atomic E-state index is 13.1. The fraction of sp³-hybridized carbons (Fsp3) is 0.286. The number of carbonyl (C=O) groups is 1. The highest BCUT2D eigenvalue weighted by Crippen LogP contribution is 2.46. The number of ketones is 1. The Morgan fingerprint density at radius 3 is 2.71 bits per heavy atom. The number of hydrogen-bond acceptors (Lipinski definition) is 5. The SMILES string of the molecule is CC1(C)CC(=O)C2=C(C1)Nc1nc(-c3ccc(Cl)cc3)nn1C2c1cccs1. The normalized spacial score (nSPS) is 20.5. The van der Waals surface area contributed by atoms with Crippen molar-refractivity contribution in [2.24, 2.45) is 5.41 Å². The van der Waals surface area contributed by atoms with Gasteiger partial charge in [-0.1, -0.05) is 31.5 Å². The van der Waals surface area contributed by atoms with Crippen LogP contribution in [0.5, 0.6) is 0 Å². The third-order valence-electron chi connectivity index (χ3n) is 5.25. The van der Waals surface area contributed by atoms with E-state index in [9.17, 15) is 4.79 Å². The smallest absolute Gasteiger partial charge is 0.226 e. The number of aromatic nitrogens is 3. The molecule has 7 heteroatoms. The third kappa shape index (κ3) is 2.88. The summed E-state index contributed by atoms with van der Waals surface area (Å²) in [5, 5.41) is 10.9. The molecule has 1 aliphatic carbocycles. The quantitative estimate of drug-likeness (QED) is 0.621. The maximum atomic E-state index is 13.1. The Bertz CT molecular complexity index is 1100. The fourth-order valence-corrected chi connectivity index (χ4v) is 4.98. The average Bonchev–Trinajstić information content (AvgIpc) is 3.29. The molecule has 2 aromatic heterocycles. The molecule has 1 aromatic carbocycles. The van der Waals surface area contributed by atoms with Gasteiger partial charge in [0.25, 0.3) is 0 Å². The highest BCUT2D eigenvalue weighted by atomic mass is 35.5. The summed E-state index contributed by atoms with van der Waals surface area (Å²) in [6, 6.07) is 11.3. The molecule has 0 saturated heterocycles. The Hall–Kier alpha value is -2.44. The number of anilines is 1. The van der Waals surface area contributed by atoms with Crippen LogP contribution in [0.25, 0.3) is 11.4 Å². The maximum Gasteiger partial charge on any atom is 0.226 e. The summed E-state index contributed by atoms with van der Waals surface area (Å²) >= 11 is 7.65. The summed E-state index contributed by atoms with van der Waals surface area (Å²) in [5.41, 5.74) is 2.62. The molecule has 3 aromatic rings. The van der Waals surface area contributed by atoms with Crippen molar-refractivity contribution >= 4 is 34.7 Å². The molecule has 1 atom stereocenters. The van der Waals surface area contributed by atoms with Gasteiger partial charge in [0.05, 0.1) is 0 Å². The molecule has 142 valence electrons. The van der Waals surface area contributed by atoms with Gasteiger partial charge in [-0.2, -0.15) is 4.98 Å². The number of Topliss-reactive ketones (excluding diaryl/α,β-unsaturated/α-hetero) is 1. The second kappa shape index (κ2) is 6.29. The van der Waals surface area contributed by atoms with Crippen LogP contribution in [0.15, 0.2) is 53.0 Å². The minimum absolute atomic E-state index is 0.0654.